The van der Waals surface area contributed by atoms with Gasteiger partial charge in [-0.05, 0) is 73.7 Å². The molecular weight excluding hydrogens is 392 g/mol. The van der Waals surface area contributed by atoms with Gasteiger partial charge in [-0.2, -0.15) is 0 Å². The molecule has 0 bridgehead atoms. The number of benzene rings is 2. The van der Waals surface area contributed by atoms with Crippen LogP contribution in [0.15, 0.2) is 53.1 Å². The van der Waals surface area contributed by atoms with Crippen LogP contribution in [0.5, 0.6) is 0 Å². The van der Waals surface area contributed by atoms with Crippen LogP contribution in [0.3, 0.4) is 0 Å². The molecule has 1 amide bonds. The number of fused-ring (bicyclic) bond motifs is 1. The summed E-state index contributed by atoms with van der Waals surface area (Å²) in [7, 11) is 0. The average Bonchev–Trinajstić information content (AvgIpc) is 3.37. The molecule has 154 valence electrons. The summed E-state index contributed by atoms with van der Waals surface area (Å²) in [5.74, 6) is 0.769. The van der Waals surface area contributed by atoms with Gasteiger partial charge in [-0.15, -0.1) is 0 Å². The number of hydrogen-bond acceptors (Lipinski definition) is 4. The van der Waals surface area contributed by atoms with Crippen LogP contribution in [0, 0.1) is 20.8 Å². The summed E-state index contributed by atoms with van der Waals surface area (Å²) in [5.41, 5.74) is 6.79. The molecule has 0 fully saturated rings. The number of furan rings is 1. The maximum absolute atomic E-state index is 13.5. The van der Waals surface area contributed by atoms with Crippen LogP contribution >= 0.6 is 11.3 Å². The number of rotatable bonds is 6. The molecule has 2 aromatic carbocycles. The maximum Gasteiger partial charge on any atom is 0.233 e. The summed E-state index contributed by atoms with van der Waals surface area (Å²) in [4.78, 5) is 20.0. The Morgan fingerprint density at radius 1 is 1.10 bits per heavy atom. The zero-order valence-electron chi connectivity index (χ0n) is 17.9. The van der Waals surface area contributed by atoms with Gasteiger partial charge in [0.1, 0.15) is 5.76 Å². The van der Waals surface area contributed by atoms with Gasteiger partial charge < -0.3 is 4.42 Å². The smallest absolute Gasteiger partial charge is 0.233 e. The molecule has 0 atom stereocenters. The largest absolute Gasteiger partial charge is 0.467 e. The van der Waals surface area contributed by atoms with Crippen molar-refractivity contribution in [3.8, 4) is 0 Å². The fourth-order valence-corrected chi connectivity index (χ4v) is 4.89. The minimum Gasteiger partial charge on any atom is -0.467 e. The molecule has 0 aliphatic rings. The van der Waals surface area contributed by atoms with E-state index in [9.17, 15) is 4.79 Å². The fraction of sp³-hybridized carbons (Fsp3) is 0.280. The molecular formula is C25H26N2O2S. The highest BCUT2D eigenvalue weighted by Crippen LogP contribution is 2.31. The van der Waals surface area contributed by atoms with Crippen LogP contribution in [0.2, 0.25) is 0 Å². The van der Waals surface area contributed by atoms with Crippen LogP contribution in [0.1, 0.15) is 40.5 Å². The van der Waals surface area contributed by atoms with Crippen LogP contribution < -0.4 is 4.90 Å². The number of nitrogens with zero attached hydrogens (tertiary/aromatic N) is 2. The predicted molar refractivity (Wildman–Crippen MR) is 123 cm³/mol. The van der Waals surface area contributed by atoms with Gasteiger partial charge in [0.25, 0.3) is 0 Å². The molecule has 2 aromatic heterocycles. The molecule has 0 saturated carbocycles. The Kier molecular flexibility index (Phi) is 5.73. The van der Waals surface area contributed by atoms with E-state index in [0.717, 1.165) is 39.1 Å². The van der Waals surface area contributed by atoms with Crippen molar-refractivity contribution in [2.75, 3.05) is 4.90 Å². The number of amides is 1. The first-order chi connectivity index (χ1) is 14.4. The summed E-state index contributed by atoms with van der Waals surface area (Å²) in [5, 5.41) is 0.710. The first-order valence-electron chi connectivity index (χ1n) is 10.2. The number of aromatic nitrogens is 1. The minimum absolute atomic E-state index is 0.0243. The number of hydrogen-bond donors (Lipinski definition) is 0. The van der Waals surface area contributed by atoms with Gasteiger partial charge in [0.2, 0.25) is 5.91 Å². The minimum atomic E-state index is 0.0243. The zero-order chi connectivity index (χ0) is 21.3. The third-order valence-electron chi connectivity index (χ3n) is 5.44. The second kappa shape index (κ2) is 8.44. The van der Waals surface area contributed by atoms with E-state index < -0.39 is 0 Å². The fourth-order valence-electron chi connectivity index (χ4n) is 3.85. The monoisotopic (exact) mass is 418 g/mol. The Morgan fingerprint density at radius 3 is 2.53 bits per heavy atom. The van der Waals surface area contributed by atoms with Gasteiger partial charge in [0.15, 0.2) is 5.13 Å². The van der Waals surface area contributed by atoms with E-state index in [4.69, 9.17) is 9.40 Å². The Morgan fingerprint density at radius 2 is 1.87 bits per heavy atom. The Bertz CT molecular complexity index is 1170. The van der Waals surface area contributed by atoms with E-state index in [1.807, 2.05) is 18.2 Å². The van der Waals surface area contributed by atoms with E-state index in [0.29, 0.717) is 18.1 Å². The van der Waals surface area contributed by atoms with Crippen LogP contribution in [-0.4, -0.2) is 10.9 Å². The molecule has 0 unspecified atom stereocenters. The SMILES string of the molecule is CCc1ccc2nc(N(Cc3ccco3)C(=O)Cc3c(C)cc(C)cc3C)sc2c1. The second-order valence-electron chi connectivity index (χ2n) is 7.77. The highest BCUT2D eigenvalue weighted by Gasteiger charge is 2.23. The van der Waals surface area contributed by atoms with Crippen molar-refractivity contribution in [3.05, 3.63) is 82.3 Å². The summed E-state index contributed by atoms with van der Waals surface area (Å²) >= 11 is 1.56. The van der Waals surface area contributed by atoms with E-state index in [-0.39, 0.29) is 5.91 Å². The number of thiazole rings is 1. The quantitative estimate of drug-likeness (QED) is 0.377. The van der Waals surface area contributed by atoms with Crippen molar-refractivity contribution in [1.82, 2.24) is 4.98 Å². The van der Waals surface area contributed by atoms with Gasteiger partial charge in [-0.1, -0.05) is 42.0 Å². The van der Waals surface area contributed by atoms with Crippen molar-refractivity contribution in [3.63, 3.8) is 0 Å². The van der Waals surface area contributed by atoms with E-state index in [2.05, 4.69) is 52.0 Å². The van der Waals surface area contributed by atoms with Gasteiger partial charge in [-0.3, -0.25) is 9.69 Å². The third-order valence-corrected chi connectivity index (χ3v) is 6.49. The Balaban J connectivity index is 1.70. The lowest BCUT2D eigenvalue weighted by molar-refractivity contribution is -0.118. The van der Waals surface area contributed by atoms with Crippen molar-refractivity contribution < 1.29 is 9.21 Å². The molecule has 0 saturated heterocycles. The van der Waals surface area contributed by atoms with Gasteiger partial charge in [-0.25, -0.2) is 4.98 Å². The standard InChI is InChI=1S/C25H26N2O2S/c1-5-19-8-9-22-23(13-19)30-25(26-22)27(15-20-7-6-10-29-20)24(28)14-21-17(3)11-16(2)12-18(21)4/h6-13H,5,14-15H2,1-4H3. The number of aryl methyl sites for hydroxylation is 4. The van der Waals surface area contributed by atoms with Gasteiger partial charge in [0, 0.05) is 0 Å². The Labute approximate surface area is 181 Å². The molecule has 30 heavy (non-hydrogen) atoms. The molecule has 5 heteroatoms. The topological polar surface area (TPSA) is 46.3 Å². The van der Waals surface area contributed by atoms with Crippen molar-refractivity contribution in [2.24, 2.45) is 0 Å². The summed E-state index contributed by atoms with van der Waals surface area (Å²) in [6, 6.07) is 14.3. The van der Waals surface area contributed by atoms with Crippen LogP contribution in [-0.2, 0) is 24.2 Å². The van der Waals surface area contributed by atoms with Crippen LogP contribution in [0.4, 0.5) is 5.13 Å². The molecule has 4 aromatic rings. The molecule has 0 radical (unpaired) electrons. The zero-order valence-corrected chi connectivity index (χ0v) is 18.7. The normalized spacial score (nSPS) is 11.2. The molecule has 0 aliphatic carbocycles. The van der Waals surface area contributed by atoms with Gasteiger partial charge >= 0.3 is 0 Å². The number of anilines is 1. The average molecular weight is 419 g/mol. The van der Waals surface area contributed by atoms with E-state index in [1.165, 1.54) is 11.1 Å². The molecule has 0 spiro atoms. The van der Waals surface area contributed by atoms with Crippen LogP contribution in [0.25, 0.3) is 10.2 Å². The summed E-state index contributed by atoms with van der Waals surface area (Å²) in [6.07, 6.45) is 2.96. The first-order valence-corrected chi connectivity index (χ1v) is 11.0. The number of carbonyl (C=O) groups is 1. The predicted octanol–water partition coefficient (Wildman–Crippen LogP) is 6.15. The first kappa shape index (κ1) is 20.4. The lowest BCUT2D eigenvalue weighted by atomic mass is 9.97. The second-order valence-corrected chi connectivity index (χ2v) is 8.77. The summed E-state index contributed by atoms with van der Waals surface area (Å²) < 4.78 is 6.64. The molecule has 4 rings (SSSR count). The highest BCUT2D eigenvalue weighted by molar-refractivity contribution is 7.22. The van der Waals surface area contributed by atoms with E-state index >= 15 is 0 Å². The lowest BCUT2D eigenvalue weighted by Gasteiger charge is -2.20. The lowest BCUT2D eigenvalue weighted by Crippen LogP contribution is -2.32. The third kappa shape index (κ3) is 4.17. The van der Waals surface area contributed by atoms with Crippen molar-refractivity contribution >= 4 is 32.6 Å². The molecule has 2 heterocycles. The molecule has 4 nitrogen and oxygen atoms in total. The molecule has 0 aliphatic heterocycles. The highest BCUT2D eigenvalue weighted by atomic mass is 32.1. The molecule has 0 N–H and O–H groups in total. The van der Waals surface area contributed by atoms with Crippen molar-refractivity contribution in [2.45, 2.75) is 47.1 Å². The summed E-state index contributed by atoms with van der Waals surface area (Å²) in [6.45, 7) is 8.74. The maximum atomic E-state index is 13.5. The van der Waals surface area contributed by atoms with E-state index in [1.54, 1.807) is 22.5 Å². The van der Waals surface area contributed by atoms with Gasteiger partial charge in [0.05, 0.1) is 29.4 Å². The Hall–Kier alpha value is -2.92. The number of carbonyl (C=O) groups excluding carboxylic acids is 1. The van der Waals surface area contributed by atoms with Crippen molar-refractivity contribution in [1.29, 1.82) is 0 Å².